The standard InChI is InChI=1S/C15H29N5S.HI/c1-5-16-15(18-10-11-20(6-2)7-3)17-9-8-14-19-12-13(4)21-14;/h12H,5-11H2,1-4H3,(H2,16,17,18);1H. The van der Waals surface area contributed by atoms with Crippen LogP contribution in [0.2, 0.25) is 0 Å². The first-order valence-electron chi connectivity index (χ1n) is 7.85. The van der Waals surface area contributed by atoms with E-state index >= 15 is 0 Å². The fourth-order valence-corrected chi connectivity index (χ4v) is 2.78. The van der Waals surface area contributed by atoms with E-state index in [9.17, 15) is 0 Å². The van der Waals surface area contributed by atoms with Crippen molar-refractivity contribution in [1.29, 1.82) is 0 Å². The molecule has 0 atom stereocenters. The van der Waals surface area contributed by atoms with E-state index in [-0.39, 0.29) is 24.0 Å². The molecule has 0 aliphatic heterocycles. The smallest absolute Gasteiger partial charge is 0.191 e. The number of aliphatic imine (C=N–C) groups is 1. The van der Waals surface area contributed by atoms with Crippen molar-refractivity contribution in [2.24, 2.45) is 4.99 Å². The molecule has 0 spiro atoms. The lowest BCUT2D eigenvalue weighted by molar-refractivity contribution is 0.313. The number of thiazole rings is 1. The molecule has 7 heteroatoms. The molecule has 1 rings (SSSR count). The first-order chi connectivity index (χ1) is 10.2. The Morgan fingerprint density at radius 3 is 2.55 bits per heavy atom. The Labute approximate surface area is 156 Å². The highest BCUT2D eigenvalue weighted by molar-refractivity contribution is 14.0. The minimum atomic E-state index is 0. The van der Waals surface area contributed by atoms with Crippen molar-refractivity contribution >= 4 is 41.3 Å². The summed E-state index contributed by atoms with van der Waals surface area (Å²) in [6.45, 7) is 14.3. The first kappa shape index (κ1) is 21.6. The molecule has 0 saturated heterocycles. The summed E-state index contributed by atoms with van der Waals surface area (Å²) in [5.41, 5.74) is 0. The first-order valence-corrected chi connectivity index (χ1v) is 8.67. The lowest BCUT2D eigenvalue weighted by atomic mass is 10.4. The van der Waals surface area contributed by atoms with Crippen molar-refractivity contribution in [1.82, 2.24) is 20.5 Å². The number of hydrogen-bond donors (Lipinski definition) is 2. The van der Waals surface area contributed by atoms with Crippen LogP contribution in [0.4, 0.5) is 0 Å². The van der Waals surface area contributed by atoms with Gasteiger partial charge in [-0.3, -0.25) is 4.99 Å². The second-order valence-corrected chi connectivity index (χ2v) is 6.15. The van der Waals surface area contributed by atoms with Crippen molar-refractivity contribution < 1.29 is 0 Å². The number of guanidine groups is 1. The fourth-order valence-electron chi connectivity index (χ4n) is 1.99. The Hall–Kier alpha value is -0.410. The fraction of sp³-hybridized carbons (Fsp3) is 0.733. The molecule has 5 nitrogen and oxygen atoms in total. The molecule has 1 aromatic heterocycles. The molecule has 2 N–H and O–H groups in total. The molecule has 0 saturated carbocycles. The largest absolute Gasteiger partial charge is 0.357 e. The van der Waals surface area contributed by atoms with E-state index in [0.29, 0.717) is 0 Å². The van der Waals surface area contributed by atoms with Crippen LogP contribution in [0.25, 0.3) is 0 Å². The van der Waals surface area contributed by atoms with Gasteiger partial charge in [0.2, 0.25) is 0 Å². The third-order valence-electron chi connectivity index (χ3n) is 3.23. The molecule has 22 heavy (non-hydrogen) atoms. The van der Waals surface area contributed by atoms with Crippen molar-refractivity contribution in [3.8, 4) is 0 Å². The van der Waals surface area contributed by atoms with Gasteiger partial charge in [0.25, 0.3) is 0 Å². The maximum absolute atomic E-state index is 4.62. The average Bonchev–Trinajstić information content (AvgIpc) is 2.89. The maximum atomic E-state index is 4.62. The predicted molar refractivity (Wildman–Crippen MR) is 108 cm³/mol. The van der Waals surface area contributed by atoms with Gasteiger partial charge in [-0.05, 0) is 26.9 Å². The van der Waals surface area contributed by atoms with Gasteiger partial charge in [0, 0.05) is 37.1 Å². The monoisotopic (exact) mass is 439 g/mol. The summed E-state index contributed by atoms with van der Waals surface area (Å²) in [5.74, 6) is 0.901. The maximum Gasteiger partial charge on any atom is 0.191 e. The summed E-state index contributed by atoms with van der Waals surface area (Å²) in [6, 6.07) is 0. The molecule has 0 aliphatic carbocycles. The van der Waals surface area contributed by atoms with Crippen LogP contribution in [0.5, 0.6) is 0 Å². The van der Waals surface area contributed by atoms with Gasteiger partial charge in [0.05, 0.1) is 11.6 Å². The van der Waals surface area contributed by atoms with Gasteiger partial charge < -0.3 is 15.5 Å². The number of halogens is 1. The molecule has 128 valence electrons. The van der Waals surface area contributed by atoms with Crippen LogP contribution in [-0.4, -0.2) is 55.1 Å². The molecule has 1 heterocycles. The lowest BCUT2D eigenvalue weighted by Crippen LogP contribution is -2.39. The van der Waals surface area contributed by atoms with E-state index in [1.807, 2.05) is 6.20 Å². The number of aromatic nitrogens is 1. The van der Waals surface area contributed by atoms with Gasteiger partial charge in [-0.1, -0.05) is 13.8 Å². The molecule has 0 fully saturated rings. The second kappa shape index (κ2) is 13.1. The van der Waals surface area contributed by atoms with Crippen LogP contribution in [0.1, 0.15) is 30.7 Å². The number of aryl methyl sites for hydroxylation is 1. The third-order valence-corrected chi connectivity index (χ3v) is 4.20. The molecule has 0 aliphatic rings. The molecule has 0 aromatic carbocycles. The van der Waals surface area contributed by atoms with E-state index < -0.39 is 0 Å². The van der Waals surface area contributed by atoms with Gasteiger partial charge in [0.15, 0.2) is 5.96 Å². The molecule has 0 unspecified atom stereocenters. The van der Waals surface area contributed by atoms with Gasteiger partial charge >= 0.3 is 0 Å². The van der Waals surface area contributed by atoms with Gasteiger partial charge in [-0.25, -0.2) is 4.98 Å². The van der Waals surface area contributed by atoms with Crippen LogP contribution >= 0.6 is 35.3 Å². The van der Waals surface area contributed by atoms with E-state index in [4.69, 9.17) is 0 Å². The highest BCUT2D eigenvalue weighted by Gasteiger charge is 2.02. The van der Waals surface area contributed by atoms with Crippen molar-refractivity contribution in [3.05, 3.63) is 16.1 Å². The molecule has 1 aromatic rings. The normalized spacial score (nSPS) is 11.4. The predicted octanol–water partition coefficient (Wildman–Crippen LogP) is 2.51. The van der Waals surface area contributed by atoms with Gasteiger partial charge in [-0.15, -0.1) is 35.3 Å². The topological polar surface area (TPSA) is 52.6 Å². The number of nitrogens with one attached hydrogen (secondary N) is 2. The van der Waals surface area contributed by atoms with Crippen molar-refractivity contribution in [2.75, 3.05) is 39.3 Å². The minimum Gasteiger partial charge on any atom is -0.357 e. The Morgan fingerprint density at radius 2 is 2.00 bits per heavy atom. The summed E-state index contributed by atoms with van der Waals surface area (Å²) in [7, 11) is 0. The average molecular weight is 439 g/mol. The van der Waals surface area contributed by atoms with E-state index in [2.05, 4.69) is 53.2 Å². The van der Waals surface area contributed by atoms with Crippen molar-refractivity contribution in [3.63, 3.8) is 0 Å². The van der Waals surface area contributed by atoms with E-state index in [1.54, 1.807) is 11.3 Å². The van der Waals surface area contributed by atoms with E-state index in [1.165, 1.54) is 9.88 Å². The number of hydrogen-bond acceptors (Lipinski definition) is 4. The molecular weight excluding hydrogens is 409 g/mol. The van der Waals surface area contributed by atoms with Gasteiger partial charge in [-0.2, -0.15) is 0 Å². The minimum absolute atomic E-state index is 0. The number of likely N-dealkylation sites (N-methyl/N-ethyl adjacent to an activating group) is 1. The summed E-state index contributed by atoms with van der Waals surface area (Å²) < 4.78 is 0. The summed E-state index contributed by atoms with van der Waals surface area (Å²) >= 11 is 1.76. The Kier molecular flexibility index (Phi) is 12.8. The molecular formula is C15H30IN5S. The van der Waals surface area contributed by atoms with Crippen LogP contribution in [-0.2, 0) is 6.42 Å². The zero-order valence-electron chi connectivity index (χ0n) is 14.2. The lowest BCUT2D eigenvalue weighted by Gasteiger charge is -2.17. The van der Waals surface area contributed by atoms with E-state index in [0.717, 1.165) is 51.6 Å². The highest BCUT2D eigenvalue weighted by Crippen LogP contribution is 2.10. The highest BCUT2D eigenvalue weighted by atomic mass is 127. The summed E-state index contributed by atoms with van der Waals surface area (Å²) in [6.07, 6.45) is 2.88. The number of rotatable bonds is 9. The van der Waals surface area contributed by atoms with Crippen LogP contribution in [0.3, 0.4) is 0 Å². The Balaban J connectivity index is 0.00000441. The Morgan fingerprint density at radius 1 is 1.27 bits per heavy atom. The summed E-state index contributed by atoms with van der Waals surface area (Å²) in [5, 5.41) is 7.84. The SMILES string of the molecule is CCNC(=NCCN(CC)CC)NCCc1ncc(C)s1.I. The zero-order chi connectivity index (χ0) is 15.5. The zero-order valence-corrected chi connectivity index (χ0v) is 17.3. The third kappa shape index (κ3) is 8.89. The molecule has 0 bridgehead atoms. The molecule has 0 amide bonds. The van der Waals surface area contributed by atoms with Crippen LogP contribution < -0.4 is 10.6 Å². The van der Waals surface area contributed by atoms with Gasteiger partial charge in [0.1, 0.15) is 0 Å². The quantitative estimate of drug-likeness (QED) is 0.353. The van der Waals surface area contributed by atoms with Crippen LogP contribution in [0, 0.1) is 6.92 Å². The Bertz CT molecular complexity index is 418. The van der Waals surface area contributed by atoms with Crippen molar-refractivity contribution in [2.45, 2.75) is 34.1 Å². The molecule has 0 radical (unpaired) electrons. The summed E-state index contributed by atoms with van der Waals surface area (Å²) in [4.78, 5) is 12.6. The number of nitrogens with zero attached hydrogens (tertiary/aromatic N) is 3. The van der Waals surface area contributed by atoms with Crippen LogP contribution in [0.15, 0.2) is 11.2 Å². The second-order valence-electron chi connectivity index (χ2n) is 4.83.